The van der Waals surface area contributed by atoms with Crippen molar-refractivity contribution in [2.45, 2.75) is 69.1 Å². The number of rotatable bonds is 4. The van der Waals surface area contributed by atoms with Gasteiger partial charge in [0.1, 0.15) is 6.10 Å². The molecule has 3 fully saturated rings. The highest BCUT2D eigenvalue weighted by atomic mass is 16.8. The van der Waals surface area contributed by atoms with E-state index in [4.69, 9.17) is 19.0 Å². The number of hydroxylamine groups is 2. The molecule has 142 valence electrons. The largest absolute Gasteiger partial charge is 0.467 e. The van der Waals surface area contributed by atoms with Gasteiger partial charge in [-0.05, 0) is 18.4 Å². The van der Waals surface area contributed by atoms with Gasteiger partial charge < -0.3 is 14.2 Å². The predicted octanol–water partition coefficient (Wildman–Crippen LogP) is 2.81. The Labute approximate surface area is 154 Å². The molecule has 0 bridgehead atoms. The van der Waals surface area contributed by atoms with Gasteiger partial charge in [-0.2, -0.15) is 5.06 Å². The van der Waals surface area contributed by atoms with E-state index in [0.29, 0.717) is 19.6 Å². The Balaban J connectivity index is 1.48. The summed E-state index contributed by atoms with van der Waals surface area (Å²) in [6.07, 6.45) is 5.33. The van der Waals surface area contributed by atoms with E-state index in [9.17, 15) is 4.79 Å². The smallest absolute Gasteiger partial charge is 0.337 e. The summed E-state index contributed by atoms with van der Waals surface area (Å²) in [6.45, 7) is 1.15. The summed E-state index contributed by atoms with van der Waals surface area (Å²) in [5.74, 6) is -0.762. The third-order valence-corrected chi connectivity index (χ3v) is 5.65. The summed E-state index contributed by atoms with van der Waals surface area (Å²) < 4.78 is 17.4. The number of benzene rings is 1. The Bertz CT molecular complexity index is 616. The molecule has 0 unspecified atom stereocenters. The lowest BCUT2D eigenvalue weighted by atomic mass is 9.94. The molecule has 0 aromatic heterocycles. The van der Waals surface area contributed by atoms with Crippen LogP contribution >= 0.6 is 0 Å². The van der Waals surface area contributed by atoms with Crippen LogP contribution in [0.3, 0.4) is 0 Å². The number of carbonyl (C=O) groups is 1. The lowest BCUT2D eigenvalue weighted by Crippen LogP contribution is -2.41. The van der Waals surface area contributed by atoms with Crippen LogP contribution in [-0.4, -0.2) is 48.8 Å². The molecule has 26 heavy (non-hydrogen) atoms. The molecule has 2 heterocycles. The number of ether oxygens (including phenoxy) is 3. The standard InChI is InChI=1S/C20H27NO5/c1-23-19(22)17-12-16(21(26-17)13-15-8-4-2-5-9-15)18-14-24-20(25-18)10-6-3-7-11-20/h2,4-5,8-9,16-18H,3,6-7,10-14H2,1H3/t16-,17+,18-/m1/s1. The monoisotopic (exact) mass is 361 g/mol. The molecule has 3 aliphatic rings. The minimum atomic E-state index is -0.583. The van der Waals surface area contributed by atoms with Crippen LogP contribution in [0.25, 0.3) is 0 Å². The van der Waals surface area contributed by atoms with Crippen LogP contribution < -0.4 is 0 Å². The van der Waals surface area contributed by atoms with Gasteiger partial charge in [-0.15, -0.1) is 0 Å². The van der Waals surface area contributed by atoms with Gasteiger partial charge in [0.15, 0.2) is 11.9 Å². The number of esters is 1. The van der Waals surface area contributed by atoms with Crippen molar-refractivity contribution in [3.05, 3.63) is 35.9 Å². The van der Waals surface area contributed by atoms with E-state index >= 15 is 0 Å². The van der Waals surface area contributed by atoms with Crippen molar-refractivity contribution < 1.29 is 23.8 Å². The molecule has 2 saturated heterocycles. The third-order valence-electron chi connectivity index (χ3n) is 5.65. The average molecular weight is 361 g/mol. The lowest BCUT2D eigenvalue weighted by molar-refractivity contribution is -0.216. The van der Waals surface area contributed by atoms with Crippen molar-refractivity contribution in [1.29, 1.82) is 0 Å². The minimum Gasteiger partial charge on any atom is -0.467 e. The number of carbonyl (C=O) groups excluding carboxylic acids is 1. The predicted molar refractivity (Wildman–Crippen MR) is 93.9 cm³/mol. The maximum Gasteiger partial charge on any atom is 0.337 e. The van der Waals surface area contributed by atoms with Crippen LogP contribution in [0, 0.1) is 0 Å². The van der Waals surface area contributed by atoms with Gasteiger partial charge in [0.2, 0.25) is 0 Å². The third kappa shape index (κ3) is 3.64. The van der Waals surface area contributed by atoms with Crippen molar-refractivity contribution in [1.82, 2.24) is 5.06 Å². The van der Waals surface area contributed by atoms with E-state index in [2.05, 4.69) is 12.1 Å². The van der Waals surface area contributed by atoms with Crippen molar-refractivity contribution in [3.63, 3.8) is 0 Å². The molecule has 0 N–H and O–H groups in total. The molecule has 1 aromatic rings. The molecule has 1 saturated carbocycles. The fourth-order valence-electron chi connectivity index (χ4n) is 4.27. The molecule has 2 aliphatic heterocycles. The van der Waals surface area contributed by atoms with Gasteiger partial charge in [0, 0.05) is 25.8 Å². The summed E-state index contributed by atoms with van der Waals surface area (Å²) in [7, 11) is 1.40. The van der Waals surface area contributed by atoms with Crippen LogP contribution in [0.1, 0.15) is 44.1 Å². The molecule has 3 atom stereocenters. The zero-order valence-electron chi connectivity index (χ0n) is 15.3. The van der Waals surface area contributed by atoms with Crippen LogP contribution in [-0.2, 0) is 30.4 Å². The molecule has 1 spiro atoms. The maximum absolute atomic E-state index is 12.0. The second-order valence-electron chi connectivity index (χ2n) is 7.42. The van der Waals surface area contributed by atoms with E-state index in [1.54, 1.807) is 0 Å². The van der Waals surface area contributed by atoms with Crippen LogP contribution in [0.15, 0.2) is 30.3 Å². The topological polar surface area (TPSA) is 57.2 Å². The van der Waals surface area contributed by atoms with Gasteiger partial charge in [0.05, 0.1) is 19.8 Å². The molecule has 6 nitrogen and oxygen atoms in total. The highest BCUT2D eigenvalue weighted by Gasteiger charge is 2.50. The molecule has 1 aliphatic carbocycles. The normalized spacial score (nSPS) is 31.3. The SMILES string of the molecule is COC(=O)[C@@H]1C[C@H]([C@H]2COC3(CCCCC3)O2)N(Cc2ccccc2)O1. The second kappa shape index (κ2) is 7.64. The van der Waals surface area contributed by atoms with Crippen LogP contribution in [0.4, 0.5) is 0 Å². The van der Waals surface area contributed by atoms with E-state index in [1.807, 2.05) is 23.3 Å². The number of hydrogen-bond acceptors (Lipinski definition) is 6. The van der Waals surface area contributed by atoms with Crippen molar-refractivity contribution in [2.75, 3.05) is 13.7 Å². The summed E-state index contributed by atoms with van der Waals surface area (Å²) in [5.41, 5.74) is 1.13. The maximum atomic E-state index is 12.0. The van der Waals surface area contributed by atoms with Crippen molar-refractivity contribution in [2.24, 2.45) is 0 Å². The molecular weight excluding hydrogens is 334 g/mol. The van der Waals surface area contributed by atoms with Crippen LogP contribution in [0.2, 0.25) is 0 Å². The van der Waals surface area contributed by atoms with Crippen molar-refractivity contribution >= 4 is 5.97 Å². The second-order valence-corrected chi connectivity index (χ2v) is 7.42. The average Bonchev–Trinajstić information content (AvgIpc) is 3.27. The number of nitrogens with zero attached hydrogens (tertiary/aromatic N) is 1. The Hall–Kier alpha value is -1.47. The zero-order valence-corrected chi connectivity index (χ0v) is 15.3. The molecule has 1 aromatic carbocycles. The minimum absolute atomic E-state index is 0.0272. The summed E-state index contributed by atoms with van der Waals surface area (Å²) >= 11 is 0. The van der Waals surface area contributed by atoms with Gasteiger partial charge in [-0.3, -0.25) is 4.84 Å². The van der Waals surface area contributed by atoms with Crippen LogP contribution in [0.5, 0.6) is 0 Å². The molecule has 0 radical (unpaired) electrons. The molecular formula is C20H27NO5. The zero-order chi connectivity index (χ0) is 18.0. The summed E-state index contributed by atoms with van der Waals surface area (Å²) in [5, 5.41) is 1.88. The first-order chi connectivity index (χ1) is 12.7. The Morgan fingerprint density at radius 2 is 2.00 bits per heavy atom. The molecule has 4 rings (SSSR count). The first-order valence-electron chi connectivity index (χ1n) is 9.56. The Morgan fingerprint density at radius 1 is 1.23 bits per heavy atom. The fourth-order valence-corrected chi connectivity index (χ4v) is 4.27. The number of hydrogen-bond donors (Lipinski definition) is 0. The quantitative estimate of drug-likeness (QED) is 0.769. The highest BCUT2D eigenvalue weighted by Crippen LogP contribution is 2.41. The van der Waals surface area contributed by atoms with E-state index in [0.717, 1.165) is 31.2 Å². The van der Waals surface area contributed by atoms with Gasteiger partial charge >= 0.3 is 5.97 Å². The first-order valence-corrected chi connectivity index (χ1v) is 9.56. The summed E-state index contributed by atoms with van der Waals surface area (Å²) in [4.78, 5) is 18.0. The van der Waals surface area contributed by atoms with E-state index < -0.39 is 11.9 Å². The highest BCUT2D eigenvalue weighted by molar-refractivity contribution is 5.74. The van der Waals surface area contributed by atoms with E-state index in [-0.39, 0.29) is 18.1 Å². The van der Waals surface area contributed by atoms with Gasteiger partial charge in [0.25, 0.3) is 0 Å². The molecule has 0 amide bonds. The Morgan fingerprint density at radius 3 is 2.73 bits per heavy atom. The van der Waals surface area contributed by atoms with Crippen molar-refractivity contribution in [3.8, 4) is 0 Å². The molecule has 6 heteroatoms. The number of methoxy groups -OCH3 is 1. The fraction of sp³-hybridized carbons (Fsp3) is 0.650. The van der Waals surface area contributed by atoms with Gasteiger partial charge in [-0.25, -0.2) is 4.79 Å². The first kappa shape index (κ1) is 17.9. The summed E-state index contributed by atoms with van der Waals surface area (Å²) in [6, 6.07) is 10.1. The van der Waals surface area contributed by atoms with Gasteiger partial charge in [-0.1, -0.05) is 36.8 Å². The van der Waals surface area contributed by atoms with E-state index in [1.165, 1.54) is 13.5 Å². The Kier molecular flexibility index (Phi) is 5.27. The lowest BCUT2D eigenvalue weighted by Gasteiger charge is -2.33.